The highest BCUT2D eigenvalue weighted by atomic mass is 16.2. The first kappa shape index (κ1) is 13.4. The highest BCUT2D eigenvalue weighted by Gasteiger charge is 2.30. The lowest BCUT2D eigenvalue weighted by Gasteiger charge is -2.32. The van der Waals surface area contributed by atoms with E-state index in [1.807, 2.05) is 4.90 Å². The molecule has 18 heavy (non-hydrogen) atoms. The van der Waals surface area contributed by atoms with E-state index < -0.39 is 0 Å². The Balaban J connectivity index is 1.73. The minimum absolute atomic E-state index is 0.185. The third-order valence-corrected chi connectivity index (χ3v) is 3.93. The Labute approximate surface area is 110 Å². The molecule has 4 nitrogen and oxygen atoms in total. The van der Waals surface area contributed by atoms with E-state index >= 15 is 0 Å². The number of amides is 1. The summed E-state index contributed by atoms with van der Waals surface area (Å²) in [7, 11) is 0. The molecule has 1 unspecified atom stereocenters. The molecule has 0 aromatic heterocycles. The molecule has 2 fully saturated rings. The Morgan fingerprint density at radius 1 is 1.28 bits per heavy atom. The van der Waals surface area contributed by atoms with Crippen molar-refractivity contribution in [2.24, 2.45) is 0 Å². The van der Waals surface area contributed by atoms with E-state index in [1.165, 1.54) is 32.4 Å². The van der Waals surface area contributed by atoms with Crippen LogP contribution in [0.5, 0.6) is 0 Å². The number of likely N-dealkylation sites (tertiary alicyclic amines) is 2. The van der Waals surface area contributed by atoms with Crippen LogP contribution in [0.3, 0.4) is 0 Å². The summed E-state index contributed by atoms with van der Waals surface area (Å²) in [5.74, 6) is 2.67. The van der Waals surface area contributed by atoms with Gasteiger partial charge < -0.3 is 4.90 Å². The summed E-state index contributed by atoms with van der Waals surface area (Å²) < 4.78 is 0. The van der Waals surface area contributed by atoms with Gasteiger partial charge in [-0.1, -0.05) is 12.3 Å². The van der Waals surface area contributed by atoms with Crippen LogP contribution in [0.2, 0.25) is 0 Å². The molecule has 2 rings (SSSR count). The number of rotatable bonds is 4. The second-order valence-corrected chi connectivity index (χ2v) is 5.19. The van der Waals surface area contributed by atoms with Crippen molar-refractivity contribution in [3.8, 4) is 12.3 Å². The quantitative estimate of drug-likeness (QED) is 0.575. The third kappa shape index (κ3) is 3.47. The van der Waals surface area contributed by atoms with Gasteiger partial charge in [0.25, 0.3) is 0 Å². The lowest BCUT2D eigenvalue weighted by Crippen LogP contribution is -2.43. The number of terminal acetylenes is 1. The molecule has 1 amide bonds. The molecule has 0 spiro atoms. The van der Waals surface area contributed by atoms with Crippen LogP contribution in [0.25, 0.3) is 0 Å². The predicted octanol–water partition coefficient (Wildman–Crippen LogP) is 0.296. The number of hydrogen-bond donors (Lipinski definition) is 1. The summed E-state index contributed by atoms with van der Waals surface area (Å²) in [6.07, 6.45) is 10.3. The number of carbonyl (C=O) groups excluding carboxylic acids is 1. The second kappa shape index (κ2) is 6.77. The third-order valence-electron chi connectivity index (χ3n) is 3.93. The van der Waals surface area contributed by atoms with Crippen molar-refractivity contribution in [2.45, 2.75) is 31.7 Å². The van der Waals surface area contributed by atoms with Gasteiger partial charge in [0, 0.05) is 19.1 Å². The van der Waals surface area contributed by atoms with E-state index in [1.54, 1.807) is 0 Å². The topological polar surface area (TPSA) is 35.6 Å². The van der Waals surface area contributed by atoms with Crippen molar-refractivity contribution in [1.82, 2.24) is 15.1 Å². The predicted molar refractivity (Wildman–Crippen MR) is 72.1 cm³/mol. The van der Waals surface area contributed by atoms with Crippen LogP contribution < -0.4 is 5.32 Å². The Hall–Kier alpha value is -1.05. The van der Waals surface area contributed by atoms with Crippen molar-refractivity contribution in [1.29, 1.82) is 0 Å². The SMILES string of the molecule is C#CCNCC(=O)N1CCC(N2CCCCC2)C1. The van der Waals surface area contributed by atoms with E-state index in [2.05, 4.69) is 16.1 Å². The summed E-state index contributed by atoms with van der Waals surface area (Å²) in [6.45, 7) is 5.06. The normalized spacial score (nSPS) is 25.1. The molecule has 2 saturated heterocycles. The highest BCUT2D eigenvalue weighted by molar-refractivity contribution is 5.78. The van der Waals surface area contributed by atoms with Crippen molar-refractivity contribution < 1.29 is 4.79 Å². The van der Waals surface area contributed by atoms with Crippen molar-refractivity contribution >= 4 is 5.91 Å². The van der Waals surface area contributed by atoms with Gasteiger partial charge in [0.2, 0.25) is 5.91 Å². The smallest absolute Gasteiger partial charge is 0.236 e. The standard InChI is InChI=1S/C14H23N3O/c1-2-7-15-11-14(18)17-10-6-13(12-17)16-8-4-3-5-9-16/h1,13,15H,3-12H2. The molecule has 0 aliphatic carbocycles. The zero-order chi connectivity index (χ0) is 12.8. The maximum atomic E-state index is 11.9. The first-order chi connectivity index (χ1) is 8.81. The van der Waals surface area contributed by atoms with Crippen LogP contribution in [-0.2, 0) is 4.79 Å². The highest BCUT2D eigenvalue weighted by Crippen LogP contribution is 2.19. The summed E-state index contributed by atoms with van der Waals surface area (Å²) >= 11 is 0. The monoisotopic (exact) mass is 249 g/mol. The summed E-state index contributed by atoms with van der Waals surface area (Å²) in [4.78, 5) is 16.5. The van der Waals surface area contributed by atoms with Gasteiger partial charge in [0.15, 0.2) is 0 Å². The fraction of sp³-hybridized carbons (Fsp3) is 0.786. The van der Waals surface area contributed by atoms with E-state index in [0.29, 0.717) is 19.1 Å². The minimum atomic E-state index is 0.185. The van der Waals surface area contributed by atoms with Crippen LogP contribution >= 0.6 is 0 Å². The molecule has 2 aliphatic heterocycles. The summed E-state index contributed by atoms with van der Waals surface area (Å²) in [5, 5.41) is 2.97. The molecule has 0 radical (unpaired) electrons. The summed E-state index contributed by atoms with van der Waals surface area (Å²) in [5.41, 5.74) is 0. The van der Waals surface area contributed by atoms with Gasteiger partial charge >= 0.3 is 0 Å². The maximum Gasteiger partial charge on any atom is 0.236 e. The van der Waals surface area contributed by atoms with E-state index in [9.17, 15) is 4.79 Å². The molecule has 0 aromatic rings. The van der Waals surface area contributed by atoms with Gasteiger partial charge in [-0.3, -0.25) is 15.0 Å². The Morgan fingerprint density at radius 3 is 2.78 bits per heavy atom. The molecule has 1 atom stereocenters. The van der Waals surface area contributed by atoms with Crippen LogP contribution in [0.1, 0.15) is 25.7 Å². The van der Waals surface area contributed by atoms with Crippen LogP contribution in [0.4, 0.5) is 0 Å². The molecule has 100 valence electrons. The molecular formula is C14H23N3O. The lowest BCUT2D eigenvalue weighted by molar-refractivity contribution is -0.129. The van der Waals surface area contributed by atoms with Gasteiger partial charge in [-0.25, -0.2) is 0 Å². The lowest BCUT2D eigenvalue weighted by atomic mass is 10.1. The zero-order valence-corrected chi connectivity index (χ0v) is 11.0. The Morgan fingerprint density at radius 2 is 2.06 bits per heavy atom. The first-order valence-electron chi connectivity index (χ1n) is 6.97. The van der Waals surface area contributed by atoms with E-state index in [-0.39, 0.29) is 5.91 Å². The molecule has 1 N–H and O–H groups in total. The summed E-state index contributed by atoms with van der Waals surface area (Å²) in [6, 6.07) is 0.585. The van der Waals surface area contributed by atoms with Crippen molar-refractivity contribution in [2.75, 3.05) is 39.3 Å². The van der Waals surface area contributed by atoms with Gasteiger partial charge in [-0.2, -0.15) is 0 Å². The van der Waals surface area contributed by atoms with Crippen molar-refractivity contribution in [3.63, 3.8) is 0 Å². The zero-order valence-electron chi connectivity index (χ0n) is 11.0. The van der Waals surface area contributed by atoms with Gasteiger partial charge in [0.1, 0.15) is 0 Å². The molecule has 0 bridgehead atoms. The molecule has 0 aromatic carbocycles. The average Bonchev–Trinajstić information content (AvgIpc) is 2.89. The van der Waals surface area contributed by atoms with E-state index in [4.69, 9.17) is 6.42 Å². The van der Waals surface area contributed by atoms with Gasteiger partial charge in [-0.15, -0.1) is 6.42 Å². The average molecular weight is 249 g/mol. The Kier molecular flexibility index (Phi) is 5.03. The Bertz CT molecular complexity index is 317. The largest absolute Gasteiger partial charge is 0.340 e. The fourth-order valence-corrected chi connectivity index (χ4v) is 2.90. The van der Waals surface area contributed by atoms with Crippen molar-refractivity contribution in [3.05, 3.63) is 0 Å². The van der Waals surface area contributed by atoms with Crippen LogP contribution in [0, 0.1) is 12.3 Å². The number of carbonyl (C=O) groups is 1. The first-order valence-corrected chi connectivity index (χ1v) is 6.97. The second-order valence-electron chi connectivity index (χ2n) is 5.19. The van der Waals surface area contributed by atoms with Gasteiger partial charge in [0.05, 0.1) is 13.1 Å². The molecule has 2 aliphatic rings. The molecule has 4 heteroatoms. The number of piperidine rings is 1. The van der Waals surface area contributed by atoms with Crippen LogP contribution in [0.15, 0.2) is 0 Å². The fourth-order valence-electron chi connectivity index (χ4n) is 2.90. The molecular weight excluding hydrogens is 226 g/mol. The number of nitrogens with one attached hydrogen (secondary N) is 1. The van der Waals surface area contributed by atoms with Crippen LogP contribution in [-0.4, -0.2) is 61.0 Å². The van der Waals surface area contributed by atoms with E-state index in [0.717, 1.165) is 19.5 Å². The maximum absolute atomic E-state index is 11.9. The van der Waals surface area contributed by atoms with Gasteiger partial charge in [-0.05, 0) is 32.4 Å². The minimum Gasteiger partial charge on any atom is -0.340 e. The molecule has 0 saturated carbocycles. The number of hydrogen-bond acceptors (Lipinski definition) is 3. The number of nitrogens with zero attached hydrogens (tertiary/aromatic N) is 2. The molecule has 2 heterocycles.